The summed E-state index contributed by atoms with van der Waals surface area (Å²) in [7, 11) is 0. The number of ether oxygens (including phenoxy) is 1. The number of aliphatic hydroxyl groups excluding tert-OH is 1. The normalized spacial score (nSPS) is 14.7. The lowest BCUT2D eigenvalue weighted by Crippen LogP contribution is -2.34. The first-order chi connectivity index (χ1) is 17.9. The molecule has 0 unspecified atom stereocenters. The molecule has 194 valence electrons. The van der Waals surface area contributed by atoms with E-state index >= 15 is 4.39 Å². The van der Waals surface area contributed by atoms with Crippen LogP contribution in [-0.2, 0) is 0 Å². The highest BCUT2D eigenvalue weighted by atomic mass is 19.1. The fourth-order valence-corrected chi connectivity index (χ4v) is 4.62. The van der Waals surface area contributed by atoms with Gasteiger partial charge in [0.05, 0.1) is 11.2 Å². The number of hydrogen-bond donors (Lipinski definition) is 4. The van der Waals surface area contributed by atoms with E-state index in [1.165, 1.54) is 6.07 Å². The lowest BCUT2D eigenvalue weighted by atomic mass is 9.94. The average Bonchev–Trinajstić information content (AvgIpc) is 3.48. The average molecular weight is 510 g/mol. The minimum atomic E-state index is -0.858. The Morgan fingerprint density at radius 2 is 1.97 bits per heavy atom. The Kier molecular flexibility index (Phi) is 7.04. The molecule has 0 amide bonds. The molecule has 5 rings (SSSR count). The van der Waals surface area contributed by atoms with E-state index in [2.05, 4.69) is 35.4 Å². The number of benzene rings is 1. The van der Waals surface area contributed by atoms with Crippen molar-refractivity contribution in [3.05, 3.63) is 53.4 Å². The molecular weight excluding hydrogens is 480 g/mol. The number of aromatic nitrogens is 5. The Bertz CT molecular complexity index is 1420. The van der Waals surface area contributed by atoms with E-state index in [1.54, 1.807) is 19.1 Å². The Hall–Kier alpha value is -3.99. The number of aromatic amines is 2. The first kappa shape index (κ1) is 24.7. The van der Waals surface area contributed by atoms with Gasteiger partial charge in [0.2, 0.25) is 5.75 Å². The molecule has 0 bridgehead atoms. The third-order valence-electron chi connectivity index (χ3n) is 6.47. The minimum Gasteiger partial charge on any atom is -0.418 e. The van der Waals surface area contributed by atoms with Gasteiger partial charge in [0.15, 0.2) is 17.5 Å². The predicted molar refractivity (Wildman–Crippen MR) is 138 cm³/mol. The third kappa shape index (κ3) is 5.41. The number of halogens is 2. The van der Waals surface area contributed by atoms with Crippen LogP contribution in [0.25, 0.3) is 17.0 Å². The number of hydrogen-bond acceptors (Lipinski definition) is 7. The van der Waals surface area contributed by atoms with Crippen LogP contribution in [0.4, 0.5) is 26.2 Å². The van der Waals surface area contributed by atoms with Gasteiger partial charge in [-0.2, -0.15) is 15.1 Å². The minimum absolute atomic E-state index is 0.172. The van der Waals surface area contributed by atoms with Gasteiger partial charge in [0.1, 0.15) is 11.6 Å². The number of nitrogens with one attached hydrogen (secondary N) is 3. The smallest absolute Gasteiger partial charge is 0.326 e. The van der Waals surface area contributed by atoms with E-state index in [9.17, 15) is 9.50 Å². The molecule has 1 aliphatic rings. The second-order valence-corrected chi connectivity index (χ2v) is 9.19. The Morgan fingerprint density at radius 3 is 2.73 bits per heavy atom. The summed E-state index contributed by atoms with van der Waals surface area (Å²) in [6.45, 7) is 5.30. The maximum atomic E-state index is 15.2. The molecule has 0 radical (unpaired) electrons. The molecule has 4 heterocycles. The van der Waals surface area contributed by atoms with Crippen molar-refractivity contribution in [1.29, 1.82) is 0 Å². The van der Waals surface area contributed by atoms with Crippen LogP contribution in [0.15, 0.2) is 30.3 Å². The van der Waals surface area contributed by atoms with Crippen LogP contribution < -0.4 is 15.0 Å². The van der Waals surface area contributed by atoms with Crippen LogP contribution in [-0.4, -0.2) is 50.0 Å². The van der Waals surface area contributed by atoms with Crippen molar-refractivity contribution in [2.75, 3.05) is 29.9 Å². The molecular formula is C26H29F2N7O2. The van der Waals surface area contributed by atoms with Crippen LogP contribution >= 0.6 is 0 Å². The van der Waals surface area contributed by atoms with Gasteiger partial charge in [-0.1, -0.05) is 6.08 Å². The standard InChI is InChI=1S/C26H29F2N7O2/c1-3-4-17-12-22(34-33-17)30-21-14-23(35-8-5-16(6-9-35)7-10-36)32-26(31-21)37-25-19(27)13-20-18(24(25)28)11-15(2)29-20/h3-4,11-14,16,29,36H,5-10H2,1-2H3,(H2,30,31,32,33,34)/b4-3-. The number of rotatable bonds is 8. The molecule has 11 heteroatoms. The van der Waals surface area contributed by atoms with Gasteiger partial charge in [-0.3, -0.25) is 5.10 Å². The van der Waals surface area contributed by atoms with E-state index in [0.29, 0.717) is 34.6 Å². The molecule has 1 aromatic carbocycles. The lowest BCUT2D eigenvalue weighted by Gasteiger charge is -2.32. The SMILES string of the molecule is C/C=C\c1cc(Nc2cc(N3CCC(CCO)CC3)nc(Oc3c(F)cc4[nH]c(C)cc4c3F)n2)n[nH]1. The number of H-pyrrole nitrogens is 2. The second-order valence-electron chi connectivity index (χ2n) is 9.19. The van der Waals surface area contributed by atoms with Crippen molar-refractivity contribution < 1.29 is 18.6 Å². The maximum Gasteiger partial charge on any atom is 0.326 e. The van der Waals surface area contributed by atoms with Crippen LogP contribution in [0, 0.1) is 24.5 Å². The van der Waals surface area contributed by atoms with Gasteiger partial charge in [0.25, 0.3) is 0 Å². The second kappa shape index (κ2) is 10.6. The van der Waals surface area contributed by atoms with E-state index < -0.39 is 17.4 Å². The van der Waals surface area contributed by atoms with Gasteiger partial charge in [-0.15, -0.1) is 0 Å². The summed E-state index contributed by atoms with van der Waals surface area (Å²) in [4.78, 5) is 13.9. The number of aryl methyl sites for hydroxylation is 1. The zero-order chi connectivity index (χ0) is 25.9. The van der Waals surface area contributed by atoms with Crippen molar-refractivity contribution >= 4 is 34.4 Å². The van der Waals surface area contributed by atoms with E-state index in [-0.39, 0.29) is 18.0 Å². The molecule has 0 spiro atoms. The molecule has 1 fully saturated rings. The molecule has 37 heavy (non-hydrogen) atoms. The Labute approximate surface area is 212 Å². The van der Waals surface area contributed by atoms with Crippen molar-refractivity contribution in [3.8, 4) is 11.8 Å². The predicted octanol–water partition coefficient (Wildman–Crippen LogP) is 5.44. The fourth-order valence-electron chi connectivity index (χ4n) is 4.62. The van der Waals surface area contributed by atoms with Crippen molar-refractivity contribution in [3.63, 3.8) is 0 Å². The largest absolute Gasteiger partial charge is 0.418 e. The molecule has 1 saturated heterocycles. The zero-order valence-electron chi connectivity index (χ0n) is 20.7. The summed E-state index contributed by atoms with van der Waals surface area (Å²) >= 11 is 0. The van der Waals surface area contributed by atoms with Crippen LogP contribution in [0.2, 0.25) is 0 Å². The van der Waals surface area contributed by atoms with Crippen LogP contribution in [0.5, 0.6) is 11.8 Å². The van der Waals surface area contributed by atoms with Crippen LogP contribution in [0.3, 0.4) is 0 Å². The Balaban J connectivity index is 1.48. The molecule has 4 N–H and O–H groups in total. The molecule has 1 aliphatic heterocycles. The van der Waals surface area contributed by atoms with Crippen molar-refractivity contribution in [2.24, 2.45) is 5.92 Å². The molecule has 0 aliphatic carbocycles. The molecule has 0 atom stereocenters. The lowest BCUT2D eigenvalue weighted by molar-refractivity contribution is 0.240. The topological polar surface area (TPSA) is 115 Å². The van der Waals surface area contributed by atoms with Crippen molar-refractivity contribution in [1.82, 2.24) is 25.1 Å². The maximum absolute atomic E-state index is 15.2. The molecule has 0 saturated carbocycles. The van der Waals surface area contributed by atoms with Crippen molar-refractivity contribution in [2.45, 2.75) is 33.1 Å². The first-order valence-corrected chi connectivity index (χ1v) is 12.3. The van der Waals surface area contributed by atoms with Gasteiger partial charge < -0.3 is 25.0 Å². The summed E-state index contributed by atoms with van der Waals surface area (Å²) in [5, 5.41) is 19.7. The van der Waals surface area contributed by atoms with E-state index in [0.717, 1.165) is 38.0 Å². The Morgan fingerprint density at radius 1 is 1.16 bits per heavy atom. The number of anilines is 3. The number of fused-ring (bicyclic) bond motifs is 1. The number of allylic oxidation sites excluding steroid dienone is 1. The fraction of sp³-hybridized carbons (Fsp3) is 0.346. The highest BCUT2D eigenvalue weighted by molar-refractivity contribution is 5.83. The van der Waals surface area contributed by atoms with E-state index in [1.807, 2.05) is 25.1 Å². The number of aliphatic hydroxyl groups is 1. The molecule has 3 aromatic heterocycles. The highest BCUT2D eigenvalue weighted by Crippen LogP contribution is 2.34. The third-order valence-corrected chi connectivity index (χ3v) is 6.47. The van der Waals surface area contributed by atoms with Gasteiger partial charge in [0, 0.05) is 49.0 Å². The van der Waals surface area contributed by atoms with Gasteiger partial charge in [-0.05, 0) is 51.2 Å². The van der Waals surface area contributed by atoms with Gasteiger partial charge in [-0.25, -0.2) is 8.78 Å². The van der Waals surface area contributed by atoms with Crippen LogP contribution in [0.1, 0.15) is 37.6 Å². The summed E-state index contributed by atoms with van der Waals surface area (Å²) in [6.07, 6.45) is 6.34. The molecule has 9 nitrogen and oxygen atoms in total. The van der Waals surface area contributed by atoms with Gasteiger partial charge >= 0.3 is 6.01 Å². The number of nitrogens with zero attached hydrogens (tertiary/aromatic N) is 4. The summed E-state index contributed by atoms with van der Waals surface area (Å²) in [5.41, 5.74) is 1.86. The monoisotopic (exact) mass is 509 g/mol. The zero-order valence-corrected chi connectivity index (χ0v) is 20.7. The summed E-state index contributed by atoms with van der Waals surface area (Å²) in [6, 6.07) is 6.17. The first-order valence-electron chi connectivity index (χ1n) is 12.3. The summed E-state index contributed by atoms with van der Waals surface area (Å²) in [5.74, 6) is -0.336. The molecule has 4 aromatic rings. The highest BCUT2D eigenvalue weighted by Gasteiger charge is 2.23. The number of piperidine rings is 1. The van der Waals surface area contributed by atoms with E-state index in [4.69, 9.17) is 4.74 Å². The quantitative estimate of drug-likeness (QED) is 0.250. The summed E-state index contributed by atoms with van der Waals surface area (Å²) < 4.78 is 35.7.